The molecular formula is C21H19ClF2N4O3. The summed E-state index contributed by atoms with van der Waals surface area (Å²) in [6, 6.07) is 6.34. The minimum Gasteiger partial charge on any atom is -0.376 e. The van der Waals surface area contributed by atoms with Gasteiger partial charge in [-0.3, -0.25) is 4.79 Å². The van der Waals surface area contributed by atoms with Crippen LogP contribution in [0.15, 0.2) is 34.9 Å². The first-order valence-corrected chi connectivity index (χ1v) is 9.83. The molecule has 2 aromatic carbocycles. The lowest BCUT2D eigenvalue weighted by atomic mass is 9.95. The predicted octanol–water partition coefficient (Wildman–Crippen LogP) is 3.55. The molecule has 1 fully saturated rings. The van der Waals surface area contributed by atoms with Crippen LogP contribution in [-0.2, 0) is 9.53 Å². The lowest BCUT2D eigenvalue weighted by Crippen LogP contribution is -2.66. The molecule has 162 valence electrons. The van der Waals surface area contributed by atoms with Crippen LogP contribution < -0.4 is 11.1 Å². The Morgan fingerprint density at radius 2 is 2.00 bits per heavy atom. The molecule has 7 nitrogen and oxygen atoms in total. The predicted molar refractivity (Wildman–Crippen MR) is 109 cm³/mol. The molecule has 1 unspecified atom stereocenters. The van der Waals surface area contributed by atoms with Crippen LogP contribution in [-0.4, -0.2) is 34.8 Å². The van der Waals surface area contributed by atoms with Gasteiger partial charge in [0.15, 0.2) is 0 Å². The Morgan fingerprint density at radius 1 is 1.26 bits per heavy atom. The van der Waals surface area contributed by atoms with Crippen LogP contribution in [0, 0.1) is 18.6 Å². The number of rotatable bonds is 5. The summed E-state index contributed by atoms with van der Waals surface area (Å²) in [4.78, 5) is 16.4. The fraction of sp³-hybridized carbons (Fsp3) is 0.286. The molecule has 10 heteroatoms. The second-order valence-electron chi connectivity index (χ2n) is 7.53. The lowest BCUT2D eigenvalue weighted by molar-refractivity contribution is -0.144. The second-order valence-corrected chi connectivity index (χ2v) is 7.96. The van der Waals surface area contributed by atoms with Crippen molar-refractivity contribution in [2.75, 3.05) is 13.2 Å². The highest BCUT2D eigenvalue weighted by atomic mass is 35.5. The van der Waals surface area contributed by atoms with Gasteiger partial charge in [-0.15, -0.1) is 0 Å². The number of nitrogens with zero attached hydrogens (tertiary/aromatic N) is 2. The Balaban J connectivity index is 1.68. The first-order valence-electron chi connectivity index (χ1n) is 9.45. The van der Waals surface area contributed by atoms with Crippen LogP contribution in [0.4, 0.5) is 8.78 Å². The quantitative estimate of drug-likeness (QED) is 0.618. The number of aryl methyl sites for hydroxylation is 1. The standard InChI is InChI=1S/C21H19ClF2N4O3/c1-10(26-20(29)21(25)8-30-9-21)14-4-3-12(5-16(14)23)15-6-13(22)7-17(24)18(15)19-27-11(2)31-28-19/h3-7,10H,8-9,25H2,1-2H3,(H,26,29). The van der Waals surface area contributed by atoms with Crippen molar-refractivity contribution < 1.29 is 22.8 Å². The van der Waals surface area contributed by atoms with E-state index in [0.29, 0.717) is 11.1 Å². The number of hydrogen-bond acceptors (Lipinski definition) is 6. The Morgan fingerprint density at radius 3 is 2.58 bits per heavy atom. The van der Waals surface area contributed by atoms with E-state index in [-0.39, 0.29) is 41.1 Å². The number of ether oxygens (including phenoxy) is 1. The number of hydrogen-bond donors (Lipinski definition) is 2. The molecule has 3 N–H and O–H groups in total. The Bertz CT molecular complexity index is 1160. The molecule has 0 bridgehead atoms. The summed E-state index contributed by atoms with van der Waals surface area (Å²) < 4.78 is 39.6. The first kappa shape index (κ1) is 21.4. The SMILES string of the molecule is Cc1nc(-c2c(F)cc(Cl)cc2-c2ccc(C(C)NC(=O)C3(N)COC3)c(F)c2)no1. The number of nitrogens with one attached hydrogen (secondary N) is 1. The fourth-order valence-electron chi connectivity index (χ4n) is 3.35. The van der Waals surface area contributed by atoms with Gasteiger partial charge in [0, 0.05) is 17.5 Å². The van der Waals surface area contributed by atoms with Crippen molar-refractivity contribution in [3.8, 4) is 22.5 Å². The van der Waals surface area contributed by atoms with Gasteiger partial charge in [-0.1, -0.05) is 28.9 Å². The number of nitrogens with two attached hydrogens (primary N) is 1. The fourth-order valence-corrected chi connectivity index (χ4v) is 3.55. The van der Waals surface area contributed by atoms with Crippen molar-refractivity contribution in [3.63, 3.8) is 0 Å². The molecule has 3 aromatic rings. The van der Waals surface area contributed by atoms with Crippen molar-refractivity contribution in [2.24, 2.45) is 5.73 Å². The van der Waals surface area contributed by atoms with Gasteiger partial charge in [0.05, 0.1) is 24.8 Å². The topological polar surface area (TPSA) is 103 Å². The summed E-state index contributed by atoms with van der Waals surface area (Å²) in [5.74, 6) is -1.37. The van der Waals surface area contributed by atoms with Gasteiger partial charge in [-0.05, 0) is 36.2 Å². The lowest BCUT2D eigenvalue weighted by Gasteiger charge is -2.36. The molecule has 1 saturated heterocycles. The van der Waals surface area contributed by atoms with E-state index in [0.717, 1.165) is 6.07 Å². The van der Waals surface area contributed by atoms with E-state index in [1.54, 1.807) is 19.9 Å². The Kier molecular flexibility index (Phi) is 5.50. The monoisotopic (exact) mass is 448 g/mol. The van der Waals surface area contributed by atoms with Gasteiger partial charge in [-0.2, -0.15) is 4.98 Å². The van der Waals surface area contributed by atoms with Gasteiger partial charge in [0.25, 0.3) is 0 Å². The van der Waals surface area contributed by atoms with E-state index in [4.69, 9.17) is 26.6 Å². The van der Waals surface area contributed by atoms with Crippen LogP contribution >= 0.6 is 11.6 Å². The van der Waals surface area contributed by atoms with Crippen molar-refractivity contribution >= 4 is 17.5 Å². The molecular weight excluding hydrogens is 430 g/mol. The second kappa shape index (κ2) is 7.99. The Hall–Kier alpha value is -2.88. The van der Waals surface area contributed by atoms with Gasteiger partial charge in [0.2, 0.25) is 17.6 Å². The first-order chi connectivity index (χ1) is 14.7. The molecule has 1 aromatic heterocycles. The van der Waals surface area contributed by atoms with Gasteiger partial charge in [0.1, 0.15) is 17.2 Å². The number of carbonyl (C=O) groups excluding carboxylic acids is 1. The third-order valence-electron chi connectivity index (χ3n) is 5.10. The van der Waals surface area contributed by atoms with Crippen LogP contribution in [0.5, 0.6) is 0 Å². The number of aromatic nitrogens is 2. The third kappa shape index (κ3) is 4.04. The largest absolute Gasteiger partial charge is 0.376 e. The summed E-state index contributed by atoms with van der Waals surface area (Å²) >= 11 is 6.04. The highest BCUT2D eigenvalue weighted by Crippen LogP contribution is 2.36. The maximum Gasteiger partial charge on any atom is 0.245 e. The summed E-state index contributed by atoms with van der Waals surface area (Å²) in [6.45, 7) is 3.46. The molecule has 0 spiro atoms. The van der Waals surface area contributed by atoms with Crippen molar-refractivity contribution in [1.82, 2.24) is 15.5 Å². The molecule has 0 radical (unpaired) electrons. The maximum atomic E-state index is 15.0. The minimum atomic E-state index is -1.10. The Labute approximate surface area is 181 Å². The van der Waals surface area contributed by atoms with E-state index in [2.05, 4.69) is 15.5 Å². The normalized spacial score (nSPS) is 15.9. The third-order valence-corrected chi connectivity index (χ3v) is 5.32. The van der Waals surface area contributed by atoms with Gasteiger partial charge in [-0.25, -0.2) is 8.78 Å². The van der Waals surface area contributed by atoms with E-state index >= 15 is 0 Å². The van der Waals surface area contributed by atoms with Crippen LogP contribution in [0.25, 0.3) is 22.5 Å². The highest BCUT2D eigenvalue weighted by Gasteiger charge is 2.42. The zero-order valence-electron chi connectivity index (χ0n) is 16.7. The van der Waals surface area contributed by atoms with Crippen LogP contribution in [0.2, 0.25) is 5.02 Å². The summed E-state index contributed by atoms with van der Waals surface area (Å²) in [5.41, 5.74) is 5.78. The van der Waals surface area contributed by atoms with Crippen molar-refractivity contribution in [1.29, 1.82) is 0 Å². The summed E-state index contributed by atoms with van der Waals surface area (Å²) in [7, 11) is 0. The highest BCUT2D eigenvalue weighted by molar-refractivity contribution is 6.31. The number of benzene rings is 2. The van der Waals surface area contributed by atoms with Crippen LogP contribution in [0.1, 0.15) is 24.4 Å². The summed E-state index contributed by atoms with van der Waals surface area (Å²) in [6.07, 6.45) is 0. The molecule has 0 saturated carbocycles. The summed E-state index contributed by atoms with van der Waals surface area (Å²) in [5, 5.41) is 6.60. The van der Waals surface area contributed by atoms with Crippen molar-refractivity contribution in [2.45, 2.75) is 25.4 Å². The average Bonchev–Trinajstić information content (AvgIpc) is 3.10. The molecule has 1 aliphatic heterocycles. The number of halogens is 3. The zero-order chi connectivity index (χ0) is 22.3. The minimum absolute atomic E-state index is 0.0303. The van der Waals surface area contributed by atoms with E-state index < -0.39 is 29.1 Å². The zero-order valence-corrected chi connectivity index (χ0v) is 17.5. The molecule has 1 amide bonds. The molecule has 31 heavy (non-hydrogen) atoms. The van der Waals surface area contributed by atoms with E-state index in [1.807, 2.05) is 0 Å². The number of amides is 1. The molecule has 1 atom stereocenters. The number of carbonyl (C=O) groups is 1. The smallest absolute Gasteiger partial charge is 0.245 e. The molecule has 4 rings (SSSR count). The van der Waals surface area contributed by atoms with Gasteiger partial charge >= 0.3 is 0 Å². The molecule has 1 aliphatic rings. The van der Waals surface area contributed by atoms with Crippen molar-refractivity contribution in [3.05, 3.63) is 58.4 Å². The van der Waals surface area contributed by atoms with Gasteiger partial charge < -0.3 is 20.3 Å². The molecule has 0 aliphatic carbocycles. The van der Waals surface area contributed by atoms with E-state index in [1.165, 1.54) is 18.2 Å². The van der Waals surface area contributed by atoms with Crippen LogP contribution in [0.3, 0.4) is 0 Å². The maximum absolute atomic E-state index is 15.0. The molecule has 2 heterocycles. The van der Waals surface area contributed by atoms with E-state index in [9.17, 15) is 13.6 Å². The average molecular weight is 449 g/mol.